The summed E-state index contributed by atoms with van der Waals surface area (Å²) in [6, 6.07) is 14.4. The molecule has 2 nitrogen and oxygen atoms in total. The van der Waals surface area contributed by atoms with Gasteiger partial charge in [0.15, 0.2) is 0 Å². The number of benzene rings is 2. The second kappa shape index (κ2) is 4.67. The molecule has 0 unspecified atom stereocenters. The summed E-state index contributed by atoms with van der Waals surface area (Å²) in [5, 5.41) is 1.05. The Morgan fingerprint density at radius 3 is 2.47 bits per heavy atom. The van der Waals surface area contributed by atoms with E-state index in [1.807, 2.05) is 24.3 Å². The minimum Gasteiger partial charge on any atom is -0.399 e. The van der Waals surface area contributed by atoms with Crippen molar-refractivity contribution in [2.45, 2.75) is 19.8 Å². The van der Waals surface area contributed by atoms with E-state index in [1.165, 1.54) is 10.3 Å². The SMILES string of the molecule is CC(C)c1ccc2nc(-c3ccc(N)cc3)sc2c1. The summed E-state index contributed by atoms with van der Waals surface area (Å²) in [5.74, 6) is 0.548. The normalized spacial score (nSPS) is 11.3. The van der Waals surface area contributed by atoms with Crippen molar-refractivity contribution in [2.75, 3.05) is 5.73 Å². The van der Waals surface area contributed by atoms with Gasteiger partial charge in [-0.25, -0.2) is 4.98 Å². The van der Waals surface area contributed by atoms with Crippen LogP contribution in [0.4, 0.5) is 5.69 Å². The third-order valence-electron chi connectivity index (χ3n) is 3.24. The highest BCUT2D eigenvalue weighted by molar-refractivity contribution is 7.21. The van der Waals surface area contributed by atoms with Gasteiger partial charge in [-0.3, -0.25) is 0 Å². The highest BCUT2D eigenvalue weighted by Crippen LogP contribution is 2.32. The van der Waals surface area contributed by atoms with Crippen LogP contribution in [0.2, 0.25) is 0 Å². The van der Waals surface area contributed by atoms with E-state index in [2.05, 4.69) is 32.0 Å². The van der Waals surface area contributed by atoms with E-state index in [4.69, 9.17) is 10.7 Å². The molecule has 0 amide bonds. The molecule has 19 heavy (non-hydrogen) atoms. The molecule has 0 aliphatic carbocycles. The number of aromatic nitrogens is 1. The zero-order chi connectivity index (χ0) is 13.4. The lowest BCUT2D eigenvalue weighted by atomic mass is 10.0. The van der Waals surface area contributed by atoms with Crippen molar-refractivity contribution in [3.8, 4) is 10.6 Å². The van der Waals surface area contributed by atoms with Gasteiger partial charge in [0.05, 0.1) is 10.2 Å². The molecule has 0 aliphatic rings. The molecule has 0 fully saturated rings. The number of rotatable bonds is 2. The molecule has 96 valence electrons. The third kappa shape index (κ3) is 2.34. The second-order valence-corrected chi connectivity index (χ2v) is 6.05. The second-order valence-electron chi connectivity index (χ2n) is 5.02. The van der Waals surface area contributed by atoms with E-state index in [0.29, 0.717) is 5.92 Å². The van der Waals surface area contributed by atoms with Crippen molar-refractivity contribution in [3.63, 3.8) is 0 Å². The van der Waals surface area contributed by atoms with Crippen LogP contribution >= 0.6 is 11.3 Å². The van der Waals surface area contributed by atoms with Gasteiger partial charge < -0.3 is 5.73 Å². The van der Waals surface area contributed by atoms with Crippen molar-refractivity contribution >= 4 is 27.2 Å². The van der Waals surface area contributed by atoms with E-state index in [9.17, 15) is 0 Å². The highest BCUT2D eigenvalue weighted by atomic mass is 32.1. The molecule has 1 aromatic heterocycles. The number of nitrogens with zero attached hydrogens (tertiary/aromatic N) is 1. The Balaban J connectivity index is 2.08. The van der Waals surface area contributed by atoms with Gasteiger partial charge in [-0.05, 0) is 47.9 Å². The Kier molecular flexibility index (Phi) is 2.99. The van der Waals surface area contributed by atoms with Crippen LogP contribution in [0, 0.1) is 0 Å². The topological polar surface area (TPSA) is 38.9 Å². The minimum absolute atomic E-state index is 0.548. The van der Waals surface area contributed by atoms with Crippen LogP contribution in [0.5, 0.6) is 0 Å². The maximum Gasteiger partial charge on any atom is 0.124 e. The van der Waals surface area contributed by atoms with Crippen LogP contribution in [-0.4, -0.2) is 4.98 Å². The van der Waals surface area contributed by atoms with Crippen LogP contribution in [0.1, 0.15) is 25.3 Å². The van der Waals surface area contributed by atoms with Crippen LogP contribution in [0.15, 0.2) is 42.5 Å². The van der Waals surface area contributed by atoms with Crippen molar-refractivity contribution < 1.29 is 0 Å². The zero-order valence-corrected chi connectivity index (χ0v) is 11.9. The Labute approximate surface area is 116 Å². The summed E-state index contributed by atoms with van der Waals surface area (Å²) in [7, 11) is 0. The van der Waals surface area contributed by atoms with E-state index in [1.54, 1.807) is 11.3 Å². The van der Waals surface area contributed by atoms with Gasteiger partial charge in [-0.15, -0.1) is 11.3 Å². The average Bonchev–Trinajstić information content (AvgIpc) is 2.82. The molecular formula is C16H16N2S. The quantitative estimate of drug-likeness (QED) is 0.686. The number of nitrogen functional groups attached to an aromatic ring is 1. The van der Waals surface area contributed by atoms with Crippen LogP contribution in [-0.2, 0) is 0 Å². The fraction of sp³-hybridized carbons (Fsp3) is 0.188. The number of hydrogen-bond acceptors (Lipinski definition) is 3. The predicted octanol–water partition coefficient (Wildman–Crippen LogP) is 4.67. The Bertz CT molecular complexity index is 711. The first-order chi connectivity index (χ1) is 9.13. The molecule has 0 saturated heterocycles. The van der Waals surface area contributed by atoms with Gasteiger partial charge >= 0.3 is 0 Å². The Morgan fingerprint density at radius 1 is 1.05 bits per heavy atom. The van der Waals surface area contributed by atoms with Crippen LogP contribution in [0.3, 0.4) is 0 Å². The lowest BCUT2D eigenvalue weighted by Crippen LogP contribution is -1.85. The first kappa shape index (κ1) is 12.2. The van der Waals surface area contributed by atoms with Gasteiger partial charge in [0.1, 0.15) is 5.01 Å². The predicted molar refractivity (Wildman–Crippen MR) is 83.6 cm³/mol. The maximum atomic E-state index is 5.72. The fourth-order valence-electron chi connectivity index (χ4n) is 2.05. The molecule has 3 heteroatoms. The van der Waals surface area contributed by atoms with Crippen molar-refractivity contribution in [2.24, 2.45) is 0 Å². The monoisotopic (exact) mass is 268 g/mol. The number of fused-ring (bicyclic) bond motifs is 1. The lowest BCUT2D eigenvalue weighted by molar-refractivity contribution is 0.869. The largest absolute Gasteiger partial charge is 0.399 e. The van der Waals surface area contributed by atoms with Crippen molar-refractivity contribution in [3.05, 3.63) is 48.0 Å². The van der Waals surface area contributed by atoms with E-state index < -0.39 is 0 Å². The summed E-state index contributed by atoms with van der Waals surface area (Å²) in [6.07, 6.45) is 0. The molecule has 0 bridgehead atoms. The molecule has 0 atom stereocenters. The standard InChI is InChI=1S/C16H16N2S/c1-10(2)12-5-8-14-15(9-12)19-16(18-14)11-3-6-13(17)7-4-11/h3-10H,17H2,1-2H3. The van der Waals surface area contributed by atoms with Gasteiger partial charge in [0.25, 0.3) is 0 Å². The lowest BCUT2D eigenvalue weighted by Gasteiger charge is -2.03. The molecule has 0 spiro atoms. The highest BCUT2D eigenvalue weighted by Gasteiger charge is 2.08. The van der Waals surface area contributed by atoms with Crippen LogP contribution in [0.25, 0.3) is 20.8 Å². The first-order valence-corrected chi connectivity index (χ1v) is 7.21. The van der Waals surface area contributed by atoms with Gasteiger partial charge in [-0.1, -0.05) is 19.9 Å². The average molecular weight is 268 g/mol. The van der Waals surface area contributed by atoms with Gasteiger partial charge in [0, 0.05) is 11.3 Å². The molecule has 0 radical (unpaired) electrons. The van der Waals surface area contributed by atoms with Gasteiger partial charge in [-0.2, -0.15) is 0 Å². The smallest absolute Gasteiger partial charge is 0.124 e. The minimum atomic E-state index is 0.548. The third-order valence-corrected chi connectivity index (χ3v) is 4.30. The van der Waals surface area contributed by atoms with Crippen LogP contribution < -0.4 is 5.73 Å². The molecule has 0 aliphatic heterocycles. The fourth-order valence-corrected chi connectivity index (χ4v) is 3.07. The molecule has 2 aromatic carbocycles. The summed E-state index contributed by atoms with van der Waals surface area (Å²) >= 11 is 1.74. The van der Waals surface area contributed by atoms with Crippen molar-refractivity contribution in [1.29, 1.82) is 0 Å². The van der Waals surface area contributed by atoms with E-state index in [0.717, 1.165) is 21.8 Å². The molecule has 3 aromatic rings. The summed E-state index contributed by atoms with van der Waals surface area (Å²) in [5.41, 5.74) is 10.1. The summed E-state index contributed by atoms with van der Waals surface area (Å²) < 4.78 is 1.25. The van der Waals surface area contributed by atoms with E-state index >= 15 is 0 Å². The first-order valence-electron chi connectivity index (χ1n) is 6.40. The molecule has 2 N–H and O–H groups in total. The molecule has 1 heterocycles. The number of thiazole rings is 1. The number of nitrogens with two attached hydrogens (primary N) is 1. The van der Waals surface area contributed by atoms with Crippen molar-refractivity contribution in [1.82, 2.24) is 4.98 Å². The van der Waals surface area contributed by atoms with E-state index in [-0.39, 0.29) is 0 Å². The summed E-state index contributed by atoms with van der Waals surface area (Å²) in [6.45, 7) is 4.42. The Hall–Kier alpha value is -1.87. The zero-order valence-electron chi connectivity index (χ0n) is 11.1. The summed E-state index contributed by atoms with van der Waals surface area (Å²) in [4.78, 5) is 4.69. The molecular weight excluding hydrogens is 252 g/mol. The Morgan fingerprint density at radius 2 is 1.79 bits per heavy atom. The number of hydrogen-bond donors (Lipinski definition) is 1. The molecule has 0 saturated carbocycles. The van der Waals surface area contributed by atoms with Gasteiger partial charge in [0.2, 0.25) is 0 Å². The molecule has 3 rings (SSSR count). The number of anilines is 1. The maximum absolute atomic E-state index is 5.72.